The van der Waals surface area contributed by atoms with E-state index in [0.717, 1.165) is 36.8 Å². The number of hydrogen-bond acceptors (Lipinski definition) is 2. The summed E-state index contributed by atoms with van der Waals surface area (Å²) >= 11 is 0. The third kappa shape index (κ3) is 3.11. The summed E-state index contributed by atoms with van der Waals surface area (Å²) in [5, 5.41) is 4.10. The van der Waals surface area contributed by atoms with Crippen LogP contribution < -0.4 is 5.32 Å². The number of amides is 2. The predicted molar refractivity (Wildman–Crippen MR) is 102 cm³/mol. The molecule has 138 valence electrons. The number of aromatic nitrogens is 1. The highest BCUT2D eigenvalue weighted by atomic mass is 16.2. The van der Waals surface area contributed by atoms with Crippen LogP contribution in [0.3, 0.4) is 0 Å². The first-order valence-electron chi connectivity index (χ1n) is 9.88. The molecular weight excluding hydrogens is 326 g/mol. The molecule has 1 saturated heterocycles. The Kier molecular flexibility index (Phi) is 4.70. The highest BCUT2D eigenvalue weighted by Gasteiger charge is 2.28. The minimum atomic E-state index is 0.0400. The van der Waals surface area contributed by atoms with Gasteiger partial charge in [0.2, 0.25) is 5.91 Å². The van der Waals surface area contributed by atoms with Crippen molar-refractivity contribution >= 4 is 22.7 Å². The van der Waals surface area contributed by atoms with Gasteiger partial charge in [0.05, 0.1) is 0 Å². The molecule has 4 rings (SSSR count). The summed E-state index contributed by atoms with van der Waals surface area (Å²) in [6.07, 6.45) is 6.18. The number of aryl methyl sites for hydroxylation is 2. The Morgan fingerprint density at radius 1 is 1.19 bits per heavy atom. The van der Waals surface area contributed by atoms with Crippen molar-refractivity contribution in [1.29, 1.82) is 0 Å². The van der Waals surface area contributed by atoms with E-state index in [0.29, 0.717) is 19.6 Å². The molecule has 0 unspecified atom stereocenters. The van der Waals surface area contributed by atoms with Crippen molar-refractivity contribution in [3.05, 3.63) is 35.0 Å². The summed E-state index contributed by atoms with van der Waals surface area (Å²) in [6.45, 7) is 3.92. The summed E-state index contributed by atoms with van der Waals surface area (Å²) in [7, 11) is 0. The highest BCUT2D eigenvalue weighted by Crippen LogP contribution is 2.30. The van der Waals surface area contributed by atoms with Gasteiger partial charge in [0.1, 0.15) is 0 Å². The molecule has 1 aromatic carbocycles. The van der Waals surface area contributed by atoms with Crippen LogP contribution in [0.2, 0.25) is 0 Å². The molecule has 2 aliphatic rings. The molecule has 0 radical (unpaired) electrons. The van der Waals surface area contributed by atoms with E-state index in [-0.39, 0.29) is 17.7 Å². The second-order valence-corrected chi connectivity index (χ2v) is 7.51. The van der Waals surface area contributed by atoms with E-state index >= 15 is 0 Å². The van der Waals surface area contributed by atoms with E-state index in [9.17, 15) is 9.59 Å². The quantitative estimate of drug-likeness (QED) is 0.891. The Morgan fingerprint density at radius 2 is 1.96 bits per heavy atom. The maximum atomic E-state index is 13.0. The number of fused-ring (bicyclic) bond motifs is 3. The van der Waals surface area contributed by atoms with E-state index in [4.69, 9.17) is 0 Å². The maximum absolute atomic E-state index is 13.0. The number of rotatable bonds is 3. The molecule has 2 N–H and O–H groups in total. The van der Waals surface area contributed by atoms with Crippen LogP contribution in [-0.4, -0.2) is 41.3 Å². The van der Waals surface area contributed by atoms with Crippen LogP contribution in [0.1, 0.15) is 54.2 Å². The zero-order chi connectivity index (χ0) is 18.1. The van der Waals surface area contributed by atoms with Gasteiger partial charge < -0.3 is 15.2 Å². The maximum Gasteiger partial charge on any atom is 0.253 e. The molecule has 2 aromatic rings. The van der Waals surface area contributed by atoms with Crippen molar-refractivity contribution < 1.29 is 9.59 Å². The van der Waals surface area contributed by atoms with Crippen LogP contribution in [0.15, 0.2) is 18.2 Å². The van der Waals surface area contributed by atoms with E-state index in [1.165, 1.54) is 29.5 Å². The fourth-order valence-electron chi connectivity index (χ4n) is 4.38. The van der Waals surface area contributed by atoms with Crippen molar-refractivity contribution in [2.75, 3.05) is 19.6 Å². The second kappa shape index (κ2) is 7.14. The number of nitrogens with one attached hydrogen (secondary N) is 2. The zero-order valence-corrected chi connectivity index (χ0v) is 15.4. The van der Waals surface area contributed by atoms with Crippen LogP contribution >= 0.6 is 0 Å². The summed E-state index contributed by atoms with van der Waals surface area (Å²) in [4.78, 5) is 30.4. The van der Waals surface area contributed by atoms with E-state index in [1.54, 1.807) is 0 Å². The van der Waals surface area contributed by atoms with Gasteiger partial charge in [-0.1, -0.05) is 0 Å². The first-order valence-corrected chi connectivity index (χ1v) is 9.88. The lowest BCUT2D eigenvalue weighted by Crippen LogP contribution is -2.43. The van der Waals surface area contributed by atoms with Crippen molar-refractivity contribution in [1.82, 2.24) is 15.2 Å². The Morgan fingerprint density at radius 3 is 2.73 bits per heavy atom. The second-order valence-electron chi connectivity index (χ2n) is 7.51. The first-order chi connectivity index (χ1) is 12.7. The Hall–Kier alpha value is -2.30. The number of nitrogens with zero attached hydrogens (tertiary/aromatic N) is 1. The lowest BCUT2D eigenvalue weighted by molar-refractivity contribution is -0.126. The smallest absolute Gasteiger partial charge is 0.253 e. The SMILES string of the molecule is CCNC(=O)C1CCN(C(=O)c2ccc3[nH]c4c(c3c2)CCCC4)CC1. The van der Waals surface area contributed by atoms with Crippen molar-refractivity contribution in [2.24, 2.45) is 5.92 Å². The molecule has 2 heterocycles. The van der Waals surface area contributed by atoms with Crippen molar-refractivity contribution in [3.63, 3.8) is 0 Å². The summed E-state index contributed by atoms with van der Waals surface area (Å²) in [5.74, 6) is 0.255. The van der Waals surface area contributed by atoms with Crippen LogP contribution in [0.5, 0.6) is 0 Å². The molecule has 0 bridgehead atoms. The minimum absolute atomic E-state index is 0.0400. The zero-order valence-electron chi connectivity index (χ0n) is 15.4. The Bertz CT molecular complexity index is 831. The molecule has 0 spiro atoms. The van der Waals surface area contributed by atoms with E-state index in [2.05, 4.69) is 16.4 Å². The average molecular weight is 353 g/mol. The summed E-state index contributed by atoms with van der Waals surface area (Å²) in [5.41, 5.74) is 4.65. The van der Waals surface area contributed by atoms with Gasteiger partial charge in [-0.15, -0.1) is 0 Å². The van der Waals surface area contributed by atoms with Gasteiger partial charge in [0, 0.05) is 47.7 Å². The number of carbonyl (C=O) groups is 2. The van der Waals surface area contributed by atoms with Crippen molar-refractivity contribution in [2.45, 2.75) is 45.4 Å². The van der Waals surface area contributed by atoms with Gasteiger partial charge in [0.15, 0.2) is 0 Å². The molecule has 5 heteroatoms. The molecule has 1 aliphatic carbocycles. The molecule has 0 atom stereocenters. The number of aromatic amines is 1. The number of carbonyl (C=O) groups excluding carboxylic acids is 2. The van der Waals surface area contributed by atoms with Crippen LogP contribution in [0.25, 0.3) is 10.9 Å². The molecular formula is C21H27N3O2. The van der Waals surface area contributed by atoms with Crippen LogP contribution in [0, 0.1) is 5.92 Å². The molecule has 2 amide bonds. The number of benzene rings is 1. The molecule has 1 fully saturated rings. The summed E-state index contributed by atoms with van der Waals surface area (Å²) in [6, 6.07) is 6.04. The van der Waals surface area contributed by atoms with E-state index in [1.807, 2.05) is 24.0 Å². The average Bonchev–Trinajstić information content (AvgIpc) is 3.05. The van der Waals surface area contributed by atoms with Crippen LogP contribution in [0.4, 0.5) is 0 Å². The standard InChI is InChI=1S/C21H27N3O2/c1-2-22-20(25)14-9-11-24(12-10-14)21(26)15-7-8-19-17(13-15)16-5-3-4-6-18(16)23-19/h7-8,13-14,23H,2-6,9-12H2,1H3,(H,22,25). The molecule has 26 heavy (non-hydrogen) atoms. The third-order valence-electron chi connectivity index (χ3n) is 5.85. The lowest BCUT2D eigenvalue weighted by atomic mass is 9.94. The monoisotopic (exact) mass is 353 g/mol. The number of hydrogen-bond donors (Lipinski definition) is 2. The first kappa shape index (κ1) is 17.1. The fourth-order valence-corrected chi connectivity index (χ4v) is 4.38. The molecule has 0 saturated carbocycles. The van der Waals surface area contributed by atoms with Gasteiger partial charge in [0.25, 0.3) is 5.91 Å². The van der Waals surface area contributed by atoms with Gasteiger partial charge in [-0.25, -0.2) is 0 Å². The number of H-pyrrole nitrogens is 1. The molecule has 5 nitrogen and oxygen atoms in total. The normalized spacial score (nSPS) is 18.0. The topological polar surface area (TPSA) is 65.2 Å². The fraction of sp³-hybridized carbons (Fsp3) is 0.524. The van der Waals surface area contributed by atoms with Gasteiger partial charge in [-0.3, -0.25) is 9.59 Å². The minimum Gasteiger partial charge on any atom is -0.358 e. The molecule has 1 aliphatic heterocycles. The van der Waals surface area contributed by atoms with Crippen molar-refractivity contribution in [3.8, 4) is 0 Å². The van der Waals surface area contributed by atoms with Gasteiger partial charge in [-0.2, -0.15) is 0 Å². The number of likely N-dealkylation sites (tertiary alicyclic amines) is 1. The largest absolute Gasteiger partial charge is 0.358 e. The van der Waals surface area contributed by atoms with Crippen LogP contribution in [-0.2, 0) is 17.6 Å². The molecule has 1 aromatic heterocycles. The lowest BCUT2D eigenvalue weighted by Gasteiger charge is -2.31. The summed E-state index contributed by atoms with van der Waals surface area (Å²) < 4.78 is 0. The van der Waals surface area contributed by atoms with Gasteiger partial charge in [-0.05, 0) is 69.2 Å². The third-order valence-corrected chi connectivity index (χ3v) is 5.85. The van der Waals surface area contributed by atoms with E-state index < -0.39 is 0 Å². The Labute approximate surface area is 154 Å². The number of piperidine rings is 1. The predicted octanol–water partition coefficient (Wildman–Crippen LogP) is 3.04. The van der Waals surface area contributed by atoms with Gasteiger partial charge >= 0.3 is 0 Å². The highest BCUT2D eigenvalue weighted by molar-refractivity contribution is 5.99. The Balaban J connectivity index is 1.49.